The molecule has 1 aromatic rings. The number of carbonyl (C=O) groups excluding carboxylic acids is 1. The number of nitrogens with two attached hydrogens (primary N) is 1. The maximum Gasteiger partial charge on any atom is 0.234 e. The summed E-state index contributed by atoms with van der Waals surface area (Å²) < 4.78 is 0. The van der Waals surface area contributed by atoms with E-state index in [0.717, 1.165) is 18.5 Å². The first-order valence-corrected chi connectivity index (χ1v) is 6.28. The van der Waals surface area contributed by atoms with Gasteiger partial charge >= 0.3 is 0 Å². The van der Waals surface area contributed by atoms with Crippen molar-refractivity contribution in [3.05, 3.63) is 18.2 Å². The van der Waals surface area contributed by atoms with Gasteiger partial charge in [0.05, 0.1) is 12.4 Å². The number of amides is 1. The van der Waals surface area contributed by atoms with Gasteiger partial charge in [-0.15, -0.1) is 0 Å². The molecule has 1 heterocycles. The standard InChI is InChI=1S/C12H20N4O/c13-12(17)11(6-10-7-14-8-15-10)16-9-4-2-1-3-5-9/h7-9,11,16H,1-6H2,(H2,13,17)(H,14,15). The zero-order chi connectivity index (χ0) is 12.1. The predicted octanol–water partition coefficient (Wildman–Crippen LogP) is 0.728. The van der Waals surface area contributed by atoms with E-state index in [1.165, 1.54) is 19.3 Å². The summed E-state index contributed by atoms with van der Waals surface area (Å²) in [6.45, 7) is 0. The quantitative estimate of drug-likeness (QED) is 0.704. The van der Waals surface area contributed by atoms with E-state index in [1.807, 2.05) is 0 Å². The molecule has 0 aliphatic heterocycles. The number of primary amides is 1. The minimum Gasteiger partial charge on any atom is -0.368 e. The van der Waals surface area contributed by atoms with E-state index in [9.17, 15) is 4.79 Å². The molecule has 5 heteroatoms. The molecule has 1 saturated carbocycles. The Hall–Kier alpha value is -1.36. The number of hydrogen-bond donors (Lipinski definition) is 3. The van der Waals surface area contributed by atoms with Crippen molar-refractivity contribution in [1.29, 1.82) is 0 Å². The van der Waals surface area contributed by atoms with Crippen LogP contribution >= 0.6 is 0 Å². The van der Waals surface area contributed by atoms with Crippen LogP contribution in [0.2, 0.25) is 0 Å². The Morgan fingerprint density at radius 1 is 1.53 bits per heavy atom. The molecule has 5 nitrogen and oxygen atoms in total. The summed E-state index contributed by atoms with van der Waals surface area (Å²) in [7, 11) is 0. The SMILES string of the molecule is NC(=O)C(Cc1cnc[nH]1)NC1CCCCC1. The number of hydrogen-bond acceptors (Lipinski definition) is 3. The van der Waals surface area contributed by atoms with Gasteiger partial charge in [0.2, 0.25) is 5.91 Å². The van der Waals surface area contributed by atoms with Gasteiger partial charge in [0.15, 0.2) is 0 Å². The fraction of sp³-hybridized carbons (Fsp3) is 0.667. The van der Waals surface area contributed by atoms with E-state index in [1.54, 1.807) is 12.5 Å². The number of nitrogens with zero attached hydrogens (tertiary/aromatic N) is 1. The van der Waals surface area contributed by atoms with Gasteiger partial charge in [0.1, 0.15) is 0 Å². The highest BCUT2D eigenvalue weighted by Gasteiger charge is 2.22. The highest BCUT2D eigenvalue weighted by molar-refractivity contribution is 5.80. The molecule has 17 heavy (non-hydrogen) atoms. The number of aromatic nitrogens is 2. The molecule has 0 spiro atoms. The van der Waals surface area contributed by atoms with Gasteiger partial charge in [-0.2, -0.15) is 0 Å². The summed E-state index contributed by atoms with van der Waals surface area (Å²) in [5.74, 6) is -0.287. The Morgan fingerprint density at radius 2 is 2.29 bits per heavy atom. The molecule has 1 fully saturated rings. The monoisotopic (exact) mass is 236 g/mol. The zero-order valence-electron chi connectivity index (χ0n) is 9.98. The summed E-state index contributed by atoms with van der Waals surface area (Å²) in [5.41, 5.74) is 6.38. The summed E-state index contributed by atoms with van der Waals surface area (Å²) in [5, 5.41) is 3.37. The van der Waals surface area contributed by atoms with Crippen molar-refractivity contribution >= 4 is 5.91 Å². The van der Waals surface area contributed by atoms with Crippen molar-refractivity contribution in [2.75, 3.05) is 0 Å². The van der Waals surface area contributed by atoms with E-state index in [2.05, 4.69) is 15.3 Å². The van der Waals surface area contributed by atoms with Gasteiger partial charge in [-0.05, 0) is 12.8 Å². The normalized spacial score (nSPS) is 19.1. The van der Waals surface area contributed by atoms with E-state index < -0.39 is 0 Å². The number of H-pyrrole nitrogens is 1. The zero-order valence-corrected chi connectivity index (χ0v) is 9.98. The molecule has 94 valence electrons. The van der Waals surface area contributed by atoms with Crippen LogP contribution in [0.1, 0.15) is 37.8 Å². The third-order valence-corrected chi connectivity index (χ3v) is 3.36. The predicted molar refractivity (Wildman–Crippen MR) is 65.3 cm³/mol. The summed E-state index contributed by atoms with van der Waals surface area (Å²) >= 11 is 0. The molecular formula is C12H20N4O. The van der Waals surface area contributed by atoms with Gasteiger partial charge in [-0.25, -0.2) is 4.98 Å². The Bertz CT molecular complexity index is 343. The van der Waals surface area contributed by atoms with E-state index in [-0.39, 0.29) is 11.9 Å². The maximum absolute atomic E-state index is 11.4. The fourth-order valence-corrected chi connectivity index (χ4v) is 2.41. The summed E-state index contributed by atoms with van der Waals surface area (Å²) in [6, 6.07) is 0.141. The number of carbonyl (C=O) groups is 1. The van der Waals surface area contributed by atoms with Gasteiger partial charge in [-0.1, -0.05) is 19.3 Å². The van der Waals surface area contributed by atoms with Crippen molar-refractivity contribution in [3.8, 4) is 0 Å². The number of aromatic amines is 1. The molecule has 4 N–H and O–H groups in total. The smallest absolute Gasteiger partial charge is 0.234 e. The topological polar surface area (TPSA) is 83.8 Å². The second-order valence-electron chi connectivity index (χ2n) is 4.74. The second kappa shape index (κ2) is 5.82. The van der Waals surface area contributed by atoms with Crippen molar-refractivity contribution in [2.24, 2.45) is 5.73 Å². The highest BCUT2D eigenvalue weighted by atomic mass is 16.1. The lowest BCUT2D eigenvalue weighted by molar-refractivity contribution is -0.120. The lowest BCUT2D eigenvalue weighted by atomic mass is 9.94. The second-order valence-corrected chi connectivity index (χ2v) is 4.74. The van der Waals surface area contributed by atoms with E-state index >= 15 is 0 Å². The maximum atomic E-state index is 11.4. The summed E-state index contributed by atoms with van der Waals surface area (Å²) in [4.78, 5) is 18.4. The number of rotatable bonds is 5. The van der Waals surface area contributed by atoms with Gasteiger partial charge in [-0.3, -0.25) is 4.79 Å². The molecule has 1 aromatic heterocycles. The third-order valence-electron chi connectivity index (χ3n) is 3.36. The van der Waals surface area contributed by atoms with Crippen LogP contribution in [-0.2, 0) is 11.2 Å². The van der Waals surface area contributed by atoms with Gasteiger partial charge in [0, 0.05) is 24.4 Å². The molecule has 1 aliphatic carbocycles. The summed E-state index contributed by atoms with van der Waals surface area (Å²) in [6.07, 6.45) is 10.0. The minimum absolute atomic E-state index is 0.287. The highest BCUT2D eigenvalue weighted by Crippen LogP contribution is 2.18. The molecule has 1 aliphatic rings. The lowest BCUT2D eigenvalue weighted by Gasteiger charge is -2.26. The van der Waals surface area contributed by atoms with Crippen LogP contribution in [0.4, 0.5) is 0 Å². The van der Waals surface area contributed by atoms with Crippen LogP contribution in [-0.4, -0.2) is 28.0 Å². The average Bonchev–Trinajstić information content (AvgIpc) is 2.82. The lowest BCUT2D eigenvalue weighted by Crippen LogP contribution is -2.48. The Balaban J connectivity index is 1.90. The van der Waals surface area contributed by atoms with Crippen LogP contribution in [0, 0.1) is 0 Å². The number of imidazole rings is 1. The molecular weight excluding hydrogens is 216 g/mol. The van der Waals surface area contributed by atoms with Gasteiger partial charge < -0.3 is 16.0 Å². The van der Waals surface area contributed by atoms with Crippen LogP contribution in [0.3, 0.4) is 0 Å². The Kier molecular flexibility index (Phi) is 4.14. The molecule has 0 bridgehead atoms. The minimum atomic E-state index is -0.293. The van der Waals surface area contributed by atoms with Crippen molar-refractivity contribution in [2.45, 2.75) is 50.6 Å². The average molecular weight is 236 g/mol. The molecule has 0 radical (unpaired) electrons. The molecule has 2 rings (SSSR count). The van der Waals surface area contributed by atoms with Crippen molar-refractivity contribution < 1.29 is 4.79 Å². The first kappa shape index (κ1) is 12.1. The van der Waals surface area contributed by atoms with Crippen LogP contribution in [0.15, 0.2) is 12.5 Å². The van der Waals surface area contributed by atoms with Crippen LogP contribution in [0.5, 0.6) is 0 Å². The molecule has 1 atom stereocenters. The van der Waals surface area contributed by atoms with Gasteiger partial charge in [0.25, 0.3) is 0 Å². The van der Waals surface area contributed by atoms with Crippen LogP contribution < -0.4 is 11.1 Å². The molecule has 0 saturated heterocycles. The largest absolute Gasteiger partial charge is 0.368 e. The first-order chi connectivity index (χ1) is 8.25. The third kappa shape index (κ3) is 3.56. The Morgan fingerprint density at radius 3 is 2.88 bits per heavy atom. The Labute approximate surface area is 101 Å². The van der Waals surface area contributed by atoms with E-state index in [0.29, 0.717) is 12.5 Å². The molecule has 1 amide bonds. The molecule has 0 aromatic carbocycles. The number of nitrogens with one attached hydrogen (secondary N) is 2. The van der Waals surface area contributed by atoms with E-state index in [4.69, 9.17) is 5.73 Å². The molecule has 1 unspecified atom stereocenters. The van der Waals surface area contributed by atoms with Crippen molar-refractivity contribution in [3.63, 3.8) is 0 Å². The van der Waals surface area contributed by atoms with Crippen molar-refractivity contribution in [1.82, 2.24) is 15.3 Å². The first-order valence-electron chi connectivity index (χ1n) is 6.28. The van der Waals surface area contributed by atoms with Crippen LogP contribution in [0.25, 0.3) is 0 Å². The fourth-order valence-electron chi connectivity index (χ4n) is 2.41.